The zero-order valence-corrected chi connectivity index (χ0v) is 15.4. The Morgan fingerprint density at radius 3 is 2.86 bits per heavy atom. The van der Waals surface area contributed by atoms with E-state index in [0.717, 1.165) is 5.56 Å². The lowest BCUT2D eigenvalue weighted by molar-refractivity contribution is -0.0564. The van der Waals surface area contributed by atoms with Crippen molar-refractivity contribution in [1.82, 2.24) is 19.5 Å². The Morgan fingerprint density at radius 2 is 2.18 bits per heavy atom. The summed E-state index contributed by atoms with van der Waals surface area (Å²) in [5, 5.41) is 20.3. The van der Waals surface area contributed by atoms with Crippen molar-refractivity contribution in [1.29, 1.82) is 0 Å². The zero-order chi connectivity index (χ0) is 19.9. The van der Waals surface area contributed by atoms with Crippen LogP contribution in [-0.2, 0) is 4.74 Å². The van der Waals surface area contributed by atoms with Gasteiger partial charge in [-0.25, -0.2) is 14.4 Å². The lowest BCUT2D eigenvalue weighted by Gasteiger charge is -2.25. The molecule has 1 saturated heterocycles. The largest absolute Gasteiger partial charge is 0.394 e. The molecule has 144 valence electrons. The summed E-state index contributed by atoms with van der Waals surface area (Å²) in [7, 11) is 0. The van der Waals surface area contributed by atoms with Crippen molar-refractivity contribution in [3.05, 3.63) is 53.9 Å². The number of ether oxygens (including phenoxy) is 1. The molecule has 3 aromatic rings. The van der Waals surface area contributed by atoms with Crippen LogP contribution in [0.4, 0.5) is 4.39 Å². The van der Waals surface area contributed by atoms with E-state index in [1.807, 2.05) is 13.0 Å². The summed E-state index contributed by atoms with van der Waals surface area (Å²) in [6, 6.07) is 3.63. The van der Waals surface area contributed by atoms with Crippen LogP contribution in [0.1, 0.15) is 30.0 Å². The summed E-state index contributed by atoms with van der Waals surface area (Å²) in [6.45, 7) is 2.58. The van der Waals surface area contributed by atoms with Crippen LogP contribution in [0.25, 0.3) is 11.0 Å². The number of hydrogen-bond donors (Lipinski definition) is 2. The summed E-state index contributed by atoms with van der Waals surface area (Å²) in [4.78, 5) is 12.5. The third kappa shape index (κ3) is 2.94. The van der Waals surface area contributed by atoms with Crippen molar-refractivity contribution < 1.29 is 19.3 Å². The predicted molar refractivity (Wildman–Crippen MR) is 99.0 cm³/mol. The average molecular weight is 382 g/mol. The van der Waals surface area contributed by atoms with Gasteiger partial charge >= 0.3 is 0 Å². The number of nitrogens with zero attached hydrogens (tertiary/aromatic N) is 4. The van der Waals surface area contributed by atoms with Crippen molar-refractivity contribution >= 4 is 11.0 Å². The second-order valence-electron chi connectivity index (χ2n) is 6.90. The van der Waals surface area contributed by atoms with E-state index >= 15 is 4.39 Å². The summed E-state index contributed by atoms with van der Waals surface area (Å²) in [6.07, 6.45) is 2.69. The van der Waals surface area contributed by atoms with Gasteiger partial charge in [0, 0.05) is 24.2 Å². The number of halogens is 1. The van der Waals surface area contributed by atoms with E-state index in [1.165, 1.54) is 17.8 Å². The molecule has 0 bridgehead atoms. The molecule has 1 aliphatic rings. The quantitative estimate of drug-likeness (QED) is 0.653. The van der Waals surface area contributed by atoms with E-state index in [-0.39, 0.29) is 0 Å². The maximum Gasteiger partial charge on any atom is 0.181 e. The molecule has 0 radical (unpaired) electrons. The highest BCUT2D eigenvalue weighted by Crippen LogP contribution is 2.43. The van der Waals surface area contributed by atoms with Crippen LogP contribution in [0, 0.1) is 18.8 Å². The molecule has 0 saturated carbocycles. The second kappa shape index (κ2) is 6.95. The number of alkyl halides is 1. The Bertz CT molecular complexity index is 1070. The van der Waals surface area contributed by atoms with Gasteiger partial charge < -0.3 is 19.5 Å². The first-order valence-electron chi connectivity index (χ1n) is 8.81. The molecular formula is C20H19FN4O3. The number of pyridine rings is 1. The number of aliphatic hydroxyl groups is 2. The summed E-state index contributed by atoms with van der Waals surface area (Å²) >= 11 is 0. The van der Waals surface area contributed by atoms with Crippen molar-refractivity contribution in [2.75, 3.05) is 6.61 Å². The average Bonchev–Trinajstić information content (AvgIpc) is 3.17. The van der Waals surface area contributed by atoms with Gasteiger partial charge in [0.1, 0.15) is 24.2 Å². The third-order valence-electron chi connectivity index (χ3n) is 4.95. The molecule has 7 nitrogen and oxygen atoms in total. The number of aromatic nitrogens is 4. The zero-order valence-electron chi connectivity index (χ0n) is 15.4. The fourth-order valence-electron chi connectivity index (χ4n) is 3.45. The van der Waals surface area contributed by atoms with E-state index in [2.05, 4.69) is 26.8 Å². The maximum atomic E-state index is 15.3. The third-order valence-corrected chi connectivity index (χ3v) is 4.95. The number of fused-ring (bicyclic) bond motifs is 1. The molecule has 28 heavy (non-hydrogen) atoms. The number of hydrogen-bond acceptors (Lipinski definition) is 6. The van der Waals surface area contributed by atoms with Crippen LogP contribution < -0.4 is 0 Å². The van der Waals surface area contributed by atoms with Crippen molar-refractivity contribution in [3.63, 3.8) is 0 Å². The lowest BCUT2D eigenvalue weighted by Crippen LogP contribution is -2.40. The topological polar surface area (TPSA) is 93.3 Å². The van der Waals surface area contributed by atoms with Gasteiger partial charge in [0.15, 0.2) is 11.9 Å². The molecule has 3 aromatic heterocycles. The molecule has 0 unspecified atom stereocenters. The minimum Gasteiger partial charge on any atom is -0.394 e. The van der Waals surface area contributed by atoms with Crippen LogP contribution in [0.15, 0.2) is 37.1 Å². The van der Waals surface area contributed by atoms with Gasteiger partial charge in [-0.05, 0) is 26.0 Å². The van der Waals surface area contributed by atoms with E-state index in [0.29, 0.717) is 22.3 Å². The SMILES string of the molecule is Cc1ncnc2c1c(C#Cc1cccnc1)cn2[C@@H]1O[C@H](CO)[C@@H](O)[C@@]1(C)F. The first-order valence-corrected chi connectivity index (χ1v) is 8.81. The van der Waals surface area contributed by atoms with Crippen LogP contribution in [0.5, 0.6) is 0 Å². The molecule has 1 fully saturated rings. The monoisotopic (exact) mass is 382 g/mol. The van der Waals surface area contributed by atoms with Crippen LogP contribution in [-0.4, -0.2) is 54.2 Å². The first kappa shape index (κ1) is 18.5. The van der Waals surface area contributed by atoms with Gasteiger partial charge in [0.05, 0.1) is 23.3 Å². The highest BCUT2D eigenvalue weighted by molar-refractivity contribution is 5.86. The standard InChI is InChI=1S/C20H19FN4O3/c1-12-16-14(6-5-13-4-3-7-22-8-13)9-25(18(16)24-11-23-12)19-20(2,21)17(27)15(10-26)28-19/h3-4,7-9,11,15,17,19,26-27H,10H2,1-2H3/t15-,17-,19-,20-/m1/s1. The molecule has 4 rings (SSSR count). The van der Waals surface area contributed by atoms with E-state index in [1.54, 1.807) is 24.7 Å². The number of aryl methyl sites for hydroxylation is 1. The molecule has 8 heteroatoms. The molecular weight excluding hydrogens is 363 g/mol. The van der Waals surface area contributed by atoms with E-state index in [9.17, 15) is 10.2 Å². The van der Waals surface area contributed by atoms with Gasteiger partial charge in [-0.2, -0.15) is 0 Å². The fourth-order valence-corrected chi connectivity index (χ4v) is 3.45. The normalized spacial score (nSPS) is 27.0. The van der Waals surface area contributed by atoms with Crippen molar-refractivity contribution in [2.24, 2.45) is 0 Å². The van der Waals surface area contributed by atoms with E-state index in [4.69, 9.17) is 4.74 Å². The van der Waals surface area contributed by atoms with Gasteiger partial charge in [0.25, 0.3) is 0 Å². The highest BCUT2D eigenvalue weighted by atomic mass is 19.1. The first-order chi connectivity index (χ1) is 13.4. The van der Waals surface area contributed by atoms with Gasteiger partial charge in [-0.3, -0.25) is 4.98 Å². The highest BCUT2D eigenvalue weighted by Gasteiger charge is 2.55. The molecule has 4 atom stereocenters. The molecule has 0 aromatic carbocycles. The van der Waals surface area contributed by atoms with Gasteiger partial charge in [-0.1, -0.05) is 11.8 Å². The Kier molecular flexibility index (Phi) is 4.59. The summed E-state index contributed by atoms with van der Waals surface area (Å²) in [5.41, 5.74) is 0.366. The van der Waals surface area contributed by atoms with E-state index < -0.39 is 30.7 Å². The summed E-state index contributed by atoms with van der Waals surface area (Å²) < 4.78 is 22.4. The molecule has 0 spiro atoms. The molecule has 1 aliphatic heterocycles. The second-order valence-corrected chi connectivity index (χ2v) is 6.90. The van der Waals surface area contributed by atoms with Gasteiger partial charge in [0.2, 0.25) is 0 Å². The molecule has 2 N–H and O–H groups in total. The van der Waals surface area contributed by atoms with Gasteiger partial charge in [-0.15, -0.1) is 0 Å². The Hall–Kier alpha value is -2.86. The van der Waals surface area contributed by atoms with Crippen LogP contribution in [0.3, 0.4) is 0 Å². The lowest BCUT2D eigenvalue weighted by atomic mass is 9.98. The minimum atomic E-state index is -2.12. The molecule has 0 amide bonds. The Labute approximate surface area is 160 Å². The number of rotatable bonds is 2. The molecule has 0 aliphatic carbocycles. The Balaban J connectivity index is 1.85. The van der Waals surface area contributed by atoms with Crippen LogP contribution >= 0.6 is 0 Å². The Morgan fingerprint density at radius 1 is 1.36 bits per heavy atom. The number of aliphatic hydroxyl groups excluding tert-OH is 2. The van der Waals surface area contributed by atoms with Crippen LogP contribution in [0.2, 0.25) is 0 Å². The predicted octanol–water partition coefficient (Wildman–Crippen LogP) is 1.51. The van der Waals surface area contributed by atoms with Crippen molar-refractivity contribution in [2.45, 2.75) is 38.0 Å². The molecule has 4 heterocycles. The fraction of sp³-hybridized carbons (Fsp3) is 0.350. The summed E-state index contributed by atoms with van der Waals surface area (Å²) in [5.74, 6) is 6.10. The maximum absolute atomic E-state index is 15.3. The van der Waals surface area contributed by atoms with Crippen molar-refractivity contribution in [3.8, 4) is 11.8 Å². The smallest absolute Gasteiger partial charge is 0.181 e. The minimum absolute atomic E-state index is 0.447.